The standard InChI is InChI=1S/C39H35N2O3/c1-3-40-34-24-32(30-11-7-5-8-12-30)17-19-36(34)43-38(40)21-15-28-23-29(27-42-26-28)16-22-39-41(4-2)35-25-33(18-20-37(35)44-39)31-13-9-6-10-14-31/h5-25H,3-4,26-27H2,1-2H3/q+1. The number of aryl methyl sites for hydroxylation is 1. The molecule has 5 nitrogen and oxygen atoms in total. The van der Waals surface area contributed by atoms with Gasteiger partial charge in [-0.05, 0) is 77.6 Å². The fourth-order valence-electron chi connectivity index (χ4n) is 5.88. The van der Waals surface area contributed by atoms with Gasteiger partial charge in [-0.1, -0.05) is 84.9 Å². The lowest BCUT2D eigenvalue weighted by molar-refractivity contribution is -0.674. The molecule has 4 aromatic carbocycles. The van der Waals surface area contributed by atoms with Gasteiger partial charge in [0.25, 0.3) is 5.52 Å². The Morgan fingerprint density at radius 2 is 1.48 bits per heavy atom. The van der Waals surface area contributed by atoms with Crippen molar-refractivity contribution in [1.82, 2.24) is 0 Å². The van der Waals surface area contributed by atoms with E-state index in [1.54, 1.807) is 0 Å². The minimum Gasteiger partial charge on any atom is -0.439 e. The normalized spacial score (nSPS) is 16.6. The van der Waals surface area contributed by atoms with E-state index in [0.717, 1.165) is 58.5 Å². The summed E-state index contributed by atoms with van der Waals surface area (Å²) in [6.45, 7) is 7.01. The number of ether oxygens (including phenoxy) is 2. The fraction of sp³-hybridized carbons (Fsp3) is 0.154. The van der Waals surface area contributed by atoms with Crippen LogP contribution in [0.2, 0.25) is 0 Å². The molecule has 0 aliphatic carbocycles. The number of rotatable bonds is 7. The second-order valence-corrected chi connectivity index (χ2v) is 10.9. The highest BCUT2D eigenvalue weighted by Crippen LogP contribution is 2.41. The topological polar surface area (TPSA) is 38.7 Å². The van der Waals surface area contributed by atoms with E-state index in [2.05, 4.69) is 126 Å². The van der Waals surface area contributed by atoms with Crippen molar-refractivity contribution in [2.24, 2.45) is 0 Å². The summed E-state index contributed by atoms with van der Waals surface area (Å²) in [5.41, 5.74) is 9.97. The van der Waals surface area contributed by atoms with Crippen molar-refractivity contribution in [3.05, 3.63) is 144 Å². The molecule has 44 heavy (non-hydrogen) atoms. The molecule has 1 aromatic heterocycles. The third kappa shape index (κ3) is 5.50. The number of hydrogen-bond donors (Lipinski definition) is 0. The first kappa shape index (κ1) is 27.7. The van der Waals surface area contributed by atoms with Crippen molar-refractivity contribution in [1.29, 1.82) is 0 Å². The minimum absolute atomic E-state index is 0.556. The van der Waals surface area contributed by atoms with Crippen LogP contribution in [0.1, 0.15) is 19.7 Å². The third-order valence-corrected chi connectivity index (χ3v) is 8.10. The van der Waals surface area contributed by atoms with Crippen molar-refractivity contribution in [2.45, 2.75) is 20.4 Å². The van der Waals surface area contributed by atoms with E-state index >= 15 is 0 Å². The molecule has 2 aliphatic heterocycles. The number of hydrogen-bond acceptors (Lipinski definition) is 4. The van der Waals surface area contributed by atoms with Crippen LogP contribution in [-0.2, 0) is 11.3 Å². The highest BCUT2D eigenvalue weighted by Gasteiger charge is 2.25. The first-order valence-electron chi connectivity index (χ1n) is 15.2. The first-order valence-corrected chi connectivity index (χ1v) is 15.2. The van der Waals surface area contributed by atoms with E-state index in [4.69, 9.17) is 13.9 Å². The molecule has 0 bridgehead atoms. The molecule has 0 spiro atoms. The Hall–Kier alpha value is -5.13. The van der Waals surface area contributed by atoms with Crippen LogP contribution in [0, 0.1) is 0 Å². The molecule has 0 fully saturated rings. The molecule has 0 atom stereocenters. The maximum Gasteiger partial charge on any atom is 0.374 e. The lowest BCUT2D eigenvalue weighted by Gasteiger charge is -2.16. The van der Waals surface area contributed by atoms with Gasteiger partial charge in [-0.3, -0.25) is 0 Å². The third-order valence-electron chi connectivity index (χ3n) is 8.10. The molecular weight excluding hydrogens is 544 g/mol. The molecule has 7 rings (SSSR count). The summed E-state index contributed by atoms with van der Waals surface area (Å²) in [6, 6.07) is 33.6. The van der Waals surface area contributed by atoms with Gasteiger partial charge in [0, 0.05) is 12.6 Å². The van der Waals surface area contributed by atoms with Gasteiger partial charge in [0.1, 0.15) is 6.54 Å². The van der Waals surface area contributed by atoms with Crippen LogP contribution in [0.3, 0.4) is 0 Å². The van der Waals surface area contributed by atoms with Gasteiger partial charge >= 0.3 is 5.89 Å². The first-order chi connectivity index (χ1) is 21.7. The summed E-state index contributed by atoms with van der Waals surface area (Å²) >= 11 is 0. The number of fused-ring (bicyclic) bond motifs is 2. The molecule has 0 radical (unpaired) electrons. The van der Waals surface area contributed by atoms with Crippen LogP contribution in [-0.4, -0.2) is 19.8 Å². The predicted molar refractivity (Wildman–Crippen MR) is 177 cm³/mol. The lowest BCUT2D eigenvalue weighted by atomic mass is 10.0. The zero-order chi connectivity index (χ0) is 29.9. The number of allylic oxidation sites excluding steroid dienone is 2. The average molecular weight is 580 g/mol. The van der Waals surface area contributed by atoms with Gasteiger partial charge in [-0.25, -0.2) is 0 Å². The Kier molecular flexibility index (Phi) is 7.70. The molecule has 5 heteroatoms. The van der Waals surface area contributed by atoms with E-state index in [9.17, 15) is 0 Å². The fourth-order valence-corrected chi connectivity index (χ4v) is 5.88. The van der Waals surface area contributed by atoms with Crippen LogP contribution in [0.15, 0.2) is 143 Å². The smallest absolute Gasteiger partial charge is 0.374 e. The van der Waals surface area contributed by atoms with Crippen LogP contribution in [0.5, 0.6) is 5.75 Å². The van der Waals surface area contributed by atoms with Crippen LogP contribution >= 0.6 is 0 Å². The molecule has 5 aromatic rings. The minimum atomic E-state index is 0.556. The molecule has 0 unspecified atom stereocenters. The molecular formula is C39H35N2O3+. The van der Waals surface area contributed by atoms with Gasteiger partial charge in [0.05, 0.1) is 25.0 Å². The van der Waals surface area contributed by atoms with Gasteiger partial charge in [-0.2, -0.15) is 4.57 Å². The number of benzene rings is 4. The lowest BCUT2D eigenvalue weighted by Crippen LogP contribution is -2.33. The number of aromatic nitrogens is 1. The van der Waals surface area contributed by atoms with E-state index in [0.29, 0.717) is 13.2 Å². The maximum absolute atomic E-state index is 6.27. The average Bonchev–Trinajstić information content (AvgIpc) is 3.63. The van der Waals surface area contributed by atoms with E-state index in [-0.39, 0.29) is 0 Å². The highest BCUT2D eigenvalue weighted by molar-refractivity contribution is 5.79. The summed E-state index contributed by atoms with van der Waals surface area (Å²) in [4.78, 5) is 2.21. The summed E-state index contributed by atoms with van der Waals surface area (Å²) in [5.74, 6) is 2.51. The van der Waals surface area contributed by atoms with Crippen molar-refractivity contribution in [2.75, 3.05) is 24.7 Å². The second kappa shape index (κ2) is 12.2. The van der Waals surface area contributed by atoms with E-state index < -0.39 is 0 Å². The number of oxazole rings is 1. The monoisotopic (exact) mass is 579 g/mol. The Morgan fingerprint density at radius 1 is 0.750 bits per heavy atom. The van der Waals surface area contributed by atoms with Gasteiger partial charge in [0.2, 0.25) is 11.5 Å². The van der Waals surface area contributed by atoms with Gasteiger partial charge < -0.3 is 18.8 Å². The van der Waals surface area contributed by atoms with Crippen molar-refractivity contribution < 1.29 is 18.5 Å². The zero-order valence-corrected chi connectivity index (χ0v) is 25.1. The Labute approximate surface area is 258 Å². The highest BCUT2D eigenvalue weighted by atomic mass is 16.5. The molecule has 0 saturated heterocycles. The summed E-state index contributed by atoms with van der Waals surface area (Å²) in [6.07, 6.45) is 10.5. The van der Waals surface area contributed by atoms with Crippen LogP contribution in [0.25, 0.3) is 39.4 Å². The molecule has 0 N–H and O–H groups in total. The van der Waals surface area contributed by atoms with Crippen molar-refractivity contribution >= 4 is 22.9 Å². The van der Waals surface area contributed by atoms with Crippen LogP contribution < -0.4 is 14.2 Å². The molecule has 218 valence electrons. The number of nitrogens with zero attached hydrogens (tertiary/aromatic N) is 2. The molecule has 2 aliphatic rings. The van der Waals surface area contributed by atoms with Crippen LogP contribution in [0.4, 0.5) is 5.69 Å². The molecule has 0 amide bonds. The number of anilines is 1. The maximum atomic E-state index is 6.27. The summed E-state index contributed by atoms with van der Waals surface area (Å²) < 4.78 is 20.7. The van der Waals surface area contributed by atoms with E-state index in [1.165, 1.54) is 22.3 Å². The summed E-state index contributed by atoms with van der Waals surface area (Å²) in [7, 11) is 0. The molecule has 0 saturated carbocycles. The quantitative estimate of drug-likeness (QED) is 0.181. The second-order valence-electron chi connectivity index (χ2n) is 10.9. The largest absolute Gasteiger partial charge is 0.439 e. The summed E-state index contributed by atoms with van der Waals surface area (Å²) in [5, 5.41) is 0. The SMILES string of the molecule is CCN1/C(=C/C=C2C=C(/C=C/c3oc4ccc(-c5ccccc5)cc4[n+]3CC)COC/2)Oc2ccc(-c3ccccc3)cc21. The predicted octanol–water partition coefficient (Wildman–Crippen LogP) is 8.73. The van der Waals surface area contributed by atoms with E-state index in [1.807, 2.05) is 24.3 Å². The Morgan fingerprint density at radius 3 is 2.20 bits per heavy atom. The zero-order valence-electron chi connectivity index (χ0n) is 25.1. The van der Waals surface area contributed by atoms with Crippen molar-refractivity contribution in [3.63, 3.8) is 0 Å². The van der Waals surface area contributed by atoms with Gasteiger partial charge in [0.15, 0.2) is 5.75 Å². The molecule has 3 heterocycles. The van der Waals surface area contributed by atoms with Crippen molar-refractivity contribution in [3.8, 4) is 28.0 Å². The van der Waals surface area contributed by atoms with Gasteiger partial charge in [-0.15, -0.1) is 0 Å². The Bertz CT molecular complexity index is 1930. The Balaban J connectivity index is 1.12.